The zero-order valence-electron chi connectivity index (χ0n) is 18.4. The highest BCUT2D eigenvalue weighted by molar-refractivity contribution is 6.91. The van der Waals surface area contributed by atoms with Crippen LogP contribution in [0.25, 0.3) is 0 Å². The maximum absolute atomic E-state index is 12.3. The maximum atomic E-state index is 12.3. The van der Waals surface area contributed by atoms with Gasteiger partial charge in [-0.1, -0.05) is 71.9 Å². The smallest absolute Gasteiger partial charge is 0.338 e. The van der Waals surface area contributed by atoms with Crippen molar-refractivity contribution in [3.8, 4) is 0 Å². The first kappa shape index (κ1) is 21.5. The quantitative estimate of drug-likeness (QED) is 0.561. The standard InChI is InChI=1S/C22H34O5Si/c1-20(2,3)28(21(4,5)6,15-12-10-9-11-13-15)24-14-16-17-18(19(23)25-16)27-22(7,8)26-17/h9-13,16-18H,14H2,1-8H3/t16-,17-,18?/m1/s1. The van der Waals surface area contributed by atoms with Gasteiger partial charge in [0.1, 0.15) is 6.10 Å². The second kappa shape index (κ2) is 6.94. The molecule has 3 rings (SSSR count). The fourth-order valence-electron chi connectivity index (χ4n) is 5.04. The fourth-order valence-corrected chi connectivity index (χ4v) is 11.1. The van der Waals surface area contributed by atoms with Crippen LogP contribution in [0.1, 0.15) is 55.4 Å². The Morgan fingerprint density at radius 2 is 1.57 bits per heavy atom. The normalized spacial score (nSPS) is 27.6. The lowest BCUT2D eigenvalue weighted by atomic mass is 10.1. The minimum absolute atomic E-state index is 0.0685. The number of rotatable bonds is 4. The van der Waals surface area contributed by atoms with Crippen LogP contribution in [0, 0.1) is 0 Å². The number of hydrogen-bond donors (Lipinski definition) is 0. The Hall–Kier alpha value is -1.21. The van der Waals surface area contributed by atoms with Crippen LogP contribution in [0.15, 0.2) is 30.3 Å². The van der Waals surface area contributed by atoms with Crippen molar-refractivity contribution < 1.29 is 23.4 Å². The van der Waals surface area contributed by atoms with E-state index in [-0.39, 0.29) is 16.0 Å². The number of carbonyl (C=O) groups excluding carboxylic acids is 1. The van der Waals surface area contributed by atoms with Crippen LogP contribution in [0.5, 0.6) is 0 Å². The van der Waals surface area contributed by atoms with Crippen LogP contribution < -0.4 is 5.19 Å². The predicted molar refractivity (Wildman–Crippen MR) is 111 cm³/mol. The number of hydrogen-bond acceptors (Lipinski definition) is 5. The molecule has 2 saturated heterocycles. The van der Waals surface area contributed by atoms with Gasteiger partial charge in [-0.3, -0.25) is 0 Å². The number of esters is 1. The average molecular weight is 407 g/mol. The second-order valence-corrected chi connectivity index (χ2v) is 15.6. The molecule has 1 unspecified atom stereocenters. The van der Waals surface area contributed by atoms with Gasteiger partial charge >= 0.3 is 5.97 Å². The number of cyclic esters (lactones) is 1. The van der Waals surface area contributed by atoms with Crippen molar-refractivity contribution in [3.63, 3.8) is 0 Å². The summed E-state index contributed by atoms with van der Waals surface area (Å²) in [4.78, 5) is 12.3. The highest BCUT2D eigenvalue weighted by Crippen LogP contribution is 2.51. The molecule has 5 nitrogen and oxygen atoms in total. The summed E-state index contributed by atoms with van der Waals surface area (Å²) in [6.45, 7) is 17.4. The van der Waals surface area contributed by atoms with E-state index in [1.807, 2.05) is 19.9 Å². The van der Waals surface area contributed by atoms with Gasteiger partial charge < -0.3 is 18.6 Å². The third-order valence-electron chi connectivity index (χ3n) is 5.75. The summed E-state index contributed by atoms with van der Waals surface area (Å²) >= 11 is 0. The lowest BCUT2D eigenvalue weighted by molar-refractivity contribution is -0.188. The first-order valence-corrected chi connectivity index (χ1v) is 11.9. The van der Waals surface area contributed by atoms with Crippen molar-refractivity contribution in [1.82, 2.24) is 0 Å². The highest BCUT2D eigenvalue weighted by atomic mass is 28.4. The number of fused-ring (bicyclic) bond motifs is 1. The van der Waals surface area contributed by atoms with E-state index in [4.69, 9.17) is 18.6 Å². The van der Waals surface area contributed by atoms with E-state index in [1.54, 1.807) is 0 Å². The molecule has 1 aromatic rings. The third-order valence-corrected chi connectivity index (χ3v) is 11.7. The van der Waals surface area contributed by atoms with Crippen molar-refractivity contribution in [2.24, 2.45) is 0 Å². The van der Waals surface area contributed by atoms with E-state index in [2.05, 4.69) is 65.8 Å². The summed E-state index contributed by atoms with van der Waals surface area (Å²) in [6.07, 6.45) is -1.55. The minimum Gasteiger partial charge on any atom is -0.455 e. The topological polar surface area (TPSA) is 54.0 Å². The van der Waals surface area contributed by atoms with Crippen LogP contribution in [0.3, 0.4) is 0 Å². The Balaban J connectivity index is 1.92. The van der Waals surface area contributed by atoms with Gasteiger partial charge in [-0.15, -0.1) is 0 Å². The lowest BCUT2D eigenvalue weighted by Crippen LogP contribution is -2.64. The highest BCUT2D eigenvalue weighted by Gasteiger charge is 2.60. The number of ether oxygens (including phenoxy) is 3. The fraction of sp³-hybridized carbons (Fsp3) is 0.682. The largest absolute Gasteiger partial charge is 0.455 e. The van der Waals surface area contributed by atoms with Gasteiger partial charge in [-0.05, 0) is 29.1 Å². The van der Waals surface area contributed by atoms with E-state index in [1.165, 1.54) is 5.19 Å². The van der Waals surface area contributed by atoms with Crippen LogP contribution in [0.4, 0.5) is 0 Å². The van der Waals surface area contributed by atoms with Crippen LogP contribution in [-0.4, -0.2) is 45.0 Å². The zero-order chi connectivity index (χ0) is 21.0. The lowest BCUT2D eigenvalue weighted by Gasteiger charge is -2.51. The molecule has 0 saturated carbocycles. The van der Waals surface area contributed by atoms with Gasteiger partial charge in [0.15, 0.2) is 18.0 Å². The van der Waals surface area contributed by atoms with Crippen molar-refractivity contribution >= 4 is 19.5 Å². The Morgan fingerprint density at radius 3 is 2.11 bits per heavy atom. The van der Waals surface area contributed by atoms with Crippen LogP contribution >= 0.6 is 0 Å². The van der Waals surface area contributed by atoms with Crippen molar-refractivity contribution in [2.45, 2.75) is 89.6 Å². The number of carbonyl (C=O) groups is 1. The average Bonchev–Trinajstić information content (AvgIpc) is 3.01. The van der Waals surface area contributed by atoms with E-state index >= 15 is 0 Å². The molecule has 2 heterocycles. The molecule has 6 heteroatoms. The minimum atomic E-state index is -2.53. The SMILES string of the molecule is CC1(C)OC2C(=O)O[C@H](CO[Si](c3ccccc3)(C(C)(C)C)C(C)(C)C)[C@H]2O1. The second-order valence-electron chi connectivity index (χ2n) is 10.4. The molecular weight excluding hydrogens is 372 g/mol. The summed E-state index contributed by atoms with van der Waals surface area (Å²) in [5.41, 5.74) is 0. The molecule has 2 aliphatic heterocycles. The first-order valence-electron chi connectivity index (χ1n) is 10.0. The molecule has 0 spiro atoms. The molecule has 0 N–H and O–H groups in total. The van der Waals surface area contributed by atoms with E-state index in [0.717, 1.165) is 0 Å². The van der Waals surface area contributed by atoms with Gasteiger partial charge in [0.2, 0.25) is 8.32 Å². The van der Waals surface area contributed by atoms with Gasteiger partial charge in [0.25, 0.3) is 0 Å². The Labute approximate surface area is 169 Å². The number of benzene rings is 1. The van der Waals surface area contributed by atoms with Crippen molar-refractivity contribution in [2.75, 3.05) is 6.61 Å². The molecule has 2 aliphatic rings. The predicted octanol–water partition coefficient (Wildman–Crippen LogP) is 3.90. The van der Waals surface area contributed by atoms with Gasteiger partial charge in [-0.2, -0.15) is 0 Å². The summed E-state index contributed by atoms with van der Waals surface area (Å²) in [6, 6.07) is 10.5. The molecular formula is C22H34O5Si. The van der Waals surface area contributed by atoms with Crippen molar-refractivity contribution in [3.05, 3.63) is 30.3 Å². The summed E-state index contributed by atoms with van der Waals surface area (Å²) in [7, 11) is -2.53. The molecule has 2 fully saturated rings. The molecule has 1 aromatic carbocycles. The molecule has 0 bridgehead atoms. The van der Waals surface area contributed by atoms with Gasteiger partial charge in [0, 0.05) is 0 Å². The Bertz CT molecular complexity index is 703. The summed E-state index contributed by atoms with van der Waals surface area (Å²) < 4.78 is 24.2. The first-order chi connectivity index (χ1) is 12.8. The molecule has 28 heavy (non-hydrogen) atoms. The van der Waals surface area contributed by atoms with Crippen molar-refractivity contribution in [1.29, 1.82) is 0 Å². The van der Waals surface area contributed by atoms with Crippen LogP contribution in [0.2, 0.25) is 10.1 Å². The summed E-state index contributed by atoms with van der Waals surface area (Å²) in [5, 5.41) is 1.11. The molecule has 0 amide bonds. The molecule has 0 aromatic heterocycles. The zero-order valence-corrected chi connectivity index (χ0v) is 19.4. The molecule has 156 valence electrons. The summed E-state index contributed by atoms with van der Waals surface area (Å²) in [5.74, 6) is -1.14. The van der Waals surface area contributed by atoms with Gasteiger partial charge in [-0.25, -0.2) is 4.79 Å². The van der Waals surface area contributed by atoms with E-state index < -0.39 is 32.4 Å². The monoisotopic (exact) mass is 406 g/mol. The van der Waals surface area contributed by atoms with Crippen LogP contribution in [-0.2, 0) is 23.4 Å². The Morgan fingerprint density at radius 1 is 1.00 bits per heavy atom. The van der Waals surface area contributed by atoms with Gasteiger partial charge in [0.05, 0.1) is 6.61 Å². The van der Waals surface area contributed by atoms with E-state index in [0.29, 0.717) is 6.61 Å². The maximum Gasteiger partial charge on any atom is 0.338 e. The molecule has 0 aliphatic carbocycles. The molecule has 3 atom stereocenters. The Kier molecular flexibility index (Phi) is 5.33. The third kappa shape index (κ3) is 3.56. The molecule has 0 radical (unpaired) electrons. The van der Waals surface area contributed by atoms with E-state index in [9.17, 15) is 4.79 Å².